The highest BCUT2D eigenvalue weighted by atomic mass is 32.2. The summed E-state index contributed by atoms with van der Waals surface area (Å²) in [4.78, 5) is 3.40. The zero-order valence-electron chi connectivity index (χ0n) is 6.31. The van der Waals surface area contributed by atoms with Gasteiger partial charge >= 0.3 is 0 Å². The summed E-state index contributed by atoms with van der Waals surface area (Å²) >= 11 is 0. The van der Waals surface area contributed by atoms with Crippen LogP contribution in [0.1, 0.15) is 0 Å². The molecule has 0 fully saturated rings. The Balaban J connectivity index is 3.17. The Hall–Kier alpha value is -1.01. The van der Waals surface area contributed by atoms with E-state index in [4.69, 9.17) is 0 Å². The van der Waals surface area contributed by atoms with Crippen molar-refractivity contribution < 1.29 is 12.9 Å². The Morgan fingerprint density at radius 3 is 2.67 bits per heavy atom. The molecule has 4 nitrogen and oxygen atoms in total. The number of aromatic nitrogens is 1. The van der Waals surface area contributed by atoms with E-state index in [9.17, 15) is 12.9 Å². The van der Waals surface area contributed by atoms with Gasteiger partial charge in [0.05, 0.1) is 0 Å². The minimum absolute atomic E-state index is 0.157. The van der Waals surface area contributed by atoms with Crippen LogP contribution >= 0.6 is 0 Å². The van der Waals surface area contributed by atoms with E-state index in [1.54, 1.807) is 0 Å². The van der Waals surface area contributed by atoms with Crippen LogP contribution in [0.4, 0.5) is 4.48 Å². The van der Waals surface area contributed by atoms with Gasteiger partial charge in [-0.25, -0.2) is 8.42 Å². The van der Waals surface area contributed by atoms with Gasteiger partial charge in [-0.15, -0.1) is 4.48 Å². The van der Waals surface area contributed by atoms with E-state index in [0.29, 0.717) is 0 Å². The molecule has 0 aliphatic heterocycles. The Morgan fingerprint density at radius 1 is 1.58 bits per heavy atom. The SMILES string of the molecule is CN(F)S(=O)(=O)c1cccnc1. The summed E-state index contributed by atoms with van der Waals surface area (Å²) in [5, 5.41) is 0. The molecule has 1 rings (SSSR count). The molecule has 0 unspecified atom stereocenters. The summed E-state index contributed by atoms with van der Waals surface area (Å²) < 4.78 is 34.1. The van der Waals surface area contributed by atoms with Crippen molar-refractivity contribution in [2.24, 2.45) is 0 Å². The molecule has 1 heterocycles. The van der Waals surface area contributed by atoms with Crippen molar-refractivity contribution in [1.29, 1.82) is 0 Å². The van der Waals surface area contributed by atoms with Crippen molar-refractivity contribution >= 4 is 10.0 Å². The Kier molecular flexibility index (Phi) is 2.39. The Bertz CT molecular complexity index is 349. The normalized spacial score (nSPS) is 11.9. The van der Waals surface area contributed by atoms with Gasteiger partial charge in [-0.1, -0.05) is 0 Å². The summed E-state index contributed by atoms with van der Waals surface area (Å²) in [5.41, 5.74) is 0. The highest BCUT2D eigenvalue weighted by molar-refractivity contribution is 7.89. The molecular weight excluding hydrogens is 183 g/mol. The summed E-state index contributed by atoms with van der Waals surface area (Å²) in [7, 11) is -3.15. The first-order valence-corrected chi connectivity index (χ1v) is 4.54. The first kappa shape index (κ1) is 9.08. The smallest absolute Gasteiger partial charge is 0.263 e. The lowest BCUT2D eigenvalue weighted by Crippen LogP contribution is -2.18. The topological polar surface area (TPSA) is 50.3 Å². The van der Waals surface area contributed by atoms with Crippen LogP contribution in [0.5, 0.6) is 0 Å². The second-order valence-corrected chi connectivity index (χ2v) is 4.01. The average Bonchev–Trinajstić information content (AvgIpc) is 2.06. The highest BCUT2D eigenvalue weighted by Crippen LogP contribution is 2.11. The molecule has 0 aromatic carbocycles. The zero-order valence-corrected chi connectivity index (χ0v) is 7.12. The van der Waals surface area contributed by atoms with Crippen molar-refractivity contribution in [2.45, 2.75) is 4.90 Å². The third-order valence-corrected chi connectivity index (χ3v) is 2.76. The predicted molar refractivity (Wildman–Crippen MR) is 40.3 cm³/mol. The lowest BCUT2D eigenvalue weighted by molar-refractivity contribution is 0.178. The highest BCUT2D eigenvalue weighted by Gasteiger charge is 2.19. The summed E-state index contributed by atoms with van der Waals surface area (Å²) in [5.74, 6) is 0. The number of nitrogens with zero attached hydrogens (tertiary/aromatic N) is 2. The molecule has 1 aromatic heterocycles. The molecule has 12 heavy (non-hydrogen) atoms. The lowest BCUT2D eigenvalue weighted by Gasteiger charge is -2.05. The summed E-state index contributed by atoms with van der Waals surface area (Å²) in [6, 6.07) is 2.70. The predicted octanol–water partition coefficient (Wildman–Crippen LogP) is 0.587. The number of sulfonamides is 1. The third kappa shape index (κ3) is 1.59. The van der Waals surface area contributed by atoms with Crippen LogP contribution in [0.3, 0.4) is 0 Å². The van der Waals surface area contributed by atoms with E-state index < -0.39 is 10.0 Å². The molecule has 0 saturated heterocycles. The van der Waals surface area contributed by atoms with Gasteiger partial charge in [0.25, 0.3) is 10.0 Å². The number of rotatable bonds is 2. The Morgan fingerprint density at radius 2 is 2.25 bits per heavy atom. The van der Waals surface area contributed by atoms with Gasteiger partial charge in [-0.2, -0.15) is 0 Å². The van der Waals surface area contributed by atoms with E-state index in [0.717, 1.165) is 13.2 Å². The molecule has 0 bridgehead atoms. The average molecular weight is 190 g/mol. The minimum atomic E-state index is -3.97. The van der Waals surface area contributed by atoms with Gasteiger partial charge in [0.1, 0.15) is 4.90 Å². The maximum absolute atomic E-state index is 12.4. The van der Waals surface area contributed by atoms with Gasteiger partial charge in [0.2, 0.25) is 0 Å². The van der Waals surface area contributed by atoms with Crippen LogP contribution in [0, 0.1) is 0 Å². The first-order chi connectivity index (χ1) is 5.55. The zero-order chi connectivity index (χ0) is 9.19. The van der Waals surface area contributed by atoms with Crippen molar-refractivity contribution in [2.75, 3.05) is 7.05 Å². The second kappa shape index (κ2) is 3.16. The largest absolute Gasteiger partial charge is 0.270 e. The third-order valence-electron chi connectivity index (χ3n) is 1.26. The van der Waals surface area contributed by atoms with Crippen LogP contribution < -0.4 is 0 Å². The molecule has 0 radical (unpaired) electrons. The summed E-state index contributed by atoms with van der Waals surface area (Å²) in [6.07, 6.45) is 2.50. The van der Waals surface area contributed by atoms with E-state index >= 15 is 0 Å². The maximum atomic E-state index is 12.4. The van der Waals surface area contributed by atoms with Gasteiger partial charge < -0.3 is 0 Å². The van der Waals surface area contributed by atoms with E-state index in [-0.39, 0.29) is 9.42 Å². The fourth-order valence-electron chi connectivity index (χ4n) is 0.645. The molecule has 0 aliphatic rings. The molecule has 66 valence electrons. The molecule has 0 atom stereocenters. The van der Waals surface area contributed by atoms with E-state index in [1.165, 1.54) is 18.3 Å². The Labute approximate surface area is 69.6 Å². The van der Waals surface area contributed by atoms with E-state index in [2.05, 4.69) is 4.98 Å². The molecule has 6 heteroatoms. The fraction of sp³-hybridized carbons (Fsp3) is 0.167. The van der Waals surface area contributed by atoms with Crippen LogP contribution in [-0.4, -0.2) is 25.0 Å². The van der Waals surface area contributed by atoms with Gasteiger partial charge in [0.15, 0.2) is 0 Å². The molecule has 0 aliphatic carbocycles. The maximum Gasteiger partial charge on any atom is 0.270 e. The molecular formula is C6H7FN2O2S. The number of pyridine rings is 1. The van der Waals surface area contributed by atoms with E-state index in [1.807, 2.05) is 0 Å². The van der Waals surface area contributed by atoms with Gasteiger partial charge in [-0.3, -0.25) is 4.98 Å². The van der Waals surface area contributed by atoms with Crippen molar-refractivity contribution in [1.82, 2.24) is 9.51 Å². The number of hydrogen-bond donors (Lipinski definition) is 0. The number of halogens is 1. The molecule has 0 spiro atoms. The van der Waals surface area contributed by atoms with Crippen molar-refractivity contribution in [3.8, 4) is 0 Å². The second-order valence-electron chi connectivity index (χ2n) is 2.08. The molecule has 0 amide bonds. The van der Waals surface area contributed by atoms with Crippen LogP contribution in [-0.2, 0) is 10.0 Å². The molecule has 0 N–H and O–H groups in total. The van der Waals surface area contributed by atoms with Crippen molar-refractivity contribution in [3.05, 3.63) is 24.5 Å². The fourth-order valence-corrected chi connectivity index (χ4v) is 1.38. The van der Waals surface area contributed by atoms with Crippen LogP contribution in [0.15, 0.2) is 29.4 Å². The van der Waals surface area contributed by atoms with Gasteiger partial charge in [0, 0.05) is 19.4 Å². The van der Waals surface area contributed by atoms with Gasteiger partial charge in [-0.05, 0) is 16.7 Å². The number of hydrogen-bond acceptors (Lipinski definition) is 3. The quantitative estimate of drug-likeness (QED) is 0.641. The molecule has 0 saturated carbocycles. The van der Waals surface area contributed by atoms with Crippen LogP contribution in [0.25, 0.3) is 0 Å². The molecule has 1 aromatic rings. The summed E-state index contributed by atoms with van der Waals surface area (Å²) in [6.45, 7) is 0. The lowest BCUT2D eigenvalue weighted by atomic mass is 10.5. The van der Waals surface area contributed by atoms with Crippen LogP contribution in [0.2, 0.25) is 0 Å². The van der Waals surface area contributed by atoms with Crippen molar-refractivity contribution in [3.63, 3.8) is 0 Å². The standard InChI is InChI=1S/C6H7FN2O2S/c1-9(7)12(10,11)6-3-2-4-8-5-6/h2-5H,1H3. The monoisotopic (exact) mass is 190 g/mol. The minimum Gasteiger partial charge on any atom is -0.263 e. The first-order valence-electron chi connectivity index (χ1n) is 3.10.